The number of anilines is 1. The van der Waals surface area contributed by atoms with E-state index in [9.17, 15) is 4.79 Å². The van der Waals surface area contributed by atoms with Crippen LogP contribution in [0.5, 0.6) is 0 Å². The third kappa shape index (κ3) is 4.83. The van der Waals surface area contributed by atoms with Gasteiger partial charge >= 0.3 is 0 Å². The second-order valence-corrected chi connectivity index (χ2v) is 3.63. The molecule has 3 nitrogen and oxygen atoms in total. The van der Waals surface area contributed by atoms with Gasteiger partial charge in [-0.25, -0.2) is 0 Å². The molecule has 0 aliphatic carbocycles. The number of rotatable bonds is 5. The van der Waals surface area contributed by atoms with E-state index >= 15 is 0 Å². The van der Waals surface area contributed by atoms with Crippen LogP contribution in [-0.2, 0) is 4.79 Å². The summed E-state index contributed by atoms with van der Waals surface area (Å²) in [7, 11) is 0. The van der Waals surface area contributed by atoms with E-state index in [4.69, 9.17) is 18.0 Å². The molecule has 0 aliphatic heterocycles. The van der Waals surface area contributed by atoms with E-state index in [1.54, 1.807) is 24.3 Å². The van der Waals surface area contributed by atoms with Gasteiger partial charge in [0.05, 0.1) is 6.54 Å². The molecule has 4 heteroatoms. The Morgan fingerprint density at radius 2 is 2.31 bits per heavy atom. The van der Waals surface area contributed by atoms with Crippen LogP contribution in [0.4, 0.5) is 5.69 Å². The Morgan fingerprint density at radius 3 is 3.00 bits per heavy atom. The number of nitrogens with one attached hydrogen (secondary N) is 2. The molecule has 0 unspecified atom stereocenters. The van der Waals surface area contributed by atoms with Crippen LogP contribution in [0, 0.1) is 12.3 Å². The lowest BCUT2D eigenvalue weighted by molar-refractivity contribution is -0.115. The first kappa shape index (κ1) is 12.6. The molecule has 0 aromatic heterocycles. The zero-order valence-corrected chi connectivity index (χ0v) is 9.55. The van der Waals surface area contributed by atoms with Crippen molar-refractivity contribution in [2.45, 2.75) is 6.42 Å². The van der Waals surface area contributed by atoms with Crippen LogP contribution in [0.2, 0.25) is 5.02 Å². The first-order chi connectivity index (χ1) is 7.72. The average Bonchev–Trinajstić information content (AvgIpc) is 2.24. The number of amides is 1. The largest absolute Gasteiger partial charge is 0.325 e. The van der Waals surface area contributed by atoms with E-state index in [0.29, 0.717) is 23.7 Å². The Morgan fingerprint density at radius 1 is 1.50 bits per heavy atom. The Kier molecular flexibility index (Phi) is 5.41. The highest BCUT2D eigenvalue weighted by Crippen LogP contribution is 2.14. The summed E-state index contributed by atoms with van der Waals surface area (Å²) in [6, 6.07) is 7.01. The molecule has 1 aromatic carbocycles. The summed E-state index contributed by atoms with van der Waals surface area (Å²) in [4.78, 5) is 11.4. The van der Waals surface area contributed by atoms with E-state index in [-0.39, 0.29) is 12.5 Å². The second kappa shape index (κ2) is 6.89. The number of halogens is 1. The smallest absolute Gasteiger partial charge is 0.238 e. The minimum atomic E-state index is -0.112. The zero-order valence-electron chi connectivity index (χ0n) is 8.79. The molecule has 1 rings (SSSR count). The summed E-state index contributed by atoms with van der Waals surface area (Å²) >= 11 is 5.78. The van der Waals surface area contributed by atoms with Crippen molar-refractivity contribution in [1.82, 2.24) is 5.32 Å². The second-order valence-electron chi connectivity index (χ2n) is 3.19. The normalized spacial score (nSPS) is 9.50. The zero-order chi connectivity index (χ0) is 11.8. The number of carbonyl (C=O) groups is 1. The number of hydrogen-bond donors (Lipinski definition) is 2. The van der Waals surface area contributed by atoms with Gasteiger partial charge < -0.3 is 10.6 Å². The van der Waals surface area contributed by atoms with Crippen molar-refractivity contribution in [3.8, 4) is 12.3 Å². The van der Waals surface area contributed by atoms with Gasteiger partial charge in [0.15, 0.2) is 0 Å². The van der Waals surface area contributed by atoms with E-state index in [2.05, 4.69) is 16.6 Å². The summed E-state index contributed by atoms with van der Waals surface area (Å²) in [6.45, 7) is 0.883. The van der Waals surface area contributed by atoms with Gasteiger partial charge in [-0.15, -0.1) is 12.3 Å². The third-order valence-electron chi connectivity index (χ3n) is 1.84. The lowest BCUT2D eigenvalue weighted by atomic mass is 10.3. The Bertz CT molecular complexity index is 398. The van der Waals surface area contributed by atoms with Crippen LogP contribution < -0.4 is 10.6 Å². The average molecular weight is 237 g/mol. The van der Waals surface area contributed by atoms with E-state index < -0.39 is 0 Å². The van der Waals surface area contributed by atoms with Gasteiger partial charge in [0, 0.05) is 23.7 Å². The van der Waals surface area contributed by atoms with Crippen molar-refractivity contribution in [3.63, 3.8) is 0 Å². The Labute approximate surface area is 100 Å². The molecule has 0 radical (unpaired) electrons. The fourth-order valence-corrected chi connectivity index (χ4v) is 1.32. The van der Waals surface area contributed by atoms with Gasteiger partial charge in [0.1, 0.15) is 0 Å². The van der Waals surface area contributed by atoms with Crippen LogP contribution in [-0.4, -0.2) is 19.0 Å². The van der Waals surface area contributed by atoms with Crippen LogP contribution in [0.25, 0.3) is 0 Å². The minimum Gasteiger partial charge on any atom is -0.325 e. The quantitative estimate of drug-likeness (QED) is 0.606. The lowest BCUT2D eigenvalue weighted by Crippen LogP contribution is -2.28. The number of carbonyl (C=O) groups excluding carboxylic acids is 1. The SMILES string of the molecule is C#CCCNCC(=O)Nc1cccc(Cl)c1. The molecule has 84 valence electrons. The van der Waals surface area contributed by atoms with E-state index in [1.807, 2.05) is 0 Å². The van der Waals surface area contributed by atoms with Crippen LogP contribution in [0.3, 0.4) is 0 Å². The number of benzene rings is 1. The molecule has 2 N–H and O–H groups in total. The summed E-state index contributed by atoms with van der Waals surface area (Å²) in [5, 5.41) is 6.25. The van der Waals surface area contributed by atoms with Crippen LogP contribution in [0.1, 0.15) is 6.42 Å². The van der Waals surface area contributed by atoms with Crippen molar-refractivity contribution in [3.05, 3.63) is 29.3 Å². The maximum atomic E-state index is 11.4. The highest BCUT2D eigenvalue weighted by Gasteiger charge is 2.01. The molecule has 0 aliphatic rings. The molecule has 0 saturated carbocycles. The van der Waals surface area contributed by atoms with Crippen molar-refractivity contribution in [2.24, 2.45) is 0 Å². The molecule has 0 saturated heterocycles. The van der Waals surface area contributed by atoms with Gasteiger partial charge in [-0.05, 0) is 18.2 Å². The van der Waals surface area contributed by atoms with Crippen molar-refractivity contribution >= 4 is 23.2 Å². The Balaban J connectivity index is 2.32. The van der Waals surface area contributed by atoms with E-state index in [1.165, 1.54) is 0 Å². The molecule has 0 heterocycles. The summed E-state index contributed by atoms with van der Waals surface area (Å²) in [6.07, 6.45) is 5.70. The standard InChI is InChI=1S/C12H13ClN2O/c1-2-3-7-14-9-12(16)15-11-6-4-5-10(13)8-11/h1,4-6,8,14H,3,7,9H2,(H,15,16). The molecule has 1 amide bonds. The monoisotopic (exact) mass is 236 g/mol. The molecule has 0 spiro atoms. The molecular weight excluding hydrogens is 224 g/mol. The van der Waals surface area contributed by atoms with Crippen molar-refractivity contribution in [2.75, 3.05) is 18.4 Å². The fraction of sp³-hybridized carbons (Fsp3) is 0.250. The van der Waals surface area contributed by atoms with Gasteiger partial charge in [-0.1, -0.05) is 17.7 Å². The number of hydrogen-bond acceptors (Lipinski definition) is 2. The van der Waals surface area contributed by atoms with Crippen LogP contribution >= 0.6 is 11.6 Å². The summed E-state index contributed by atoms with van der Waals surface area (Å²) in [5.74, 6) is 2.38. The van der Waals surface area contributed by atoms with Gasteiger partial charge in [0.25, 0.3) is 0 Å². The summed E-state index contributed by atoms with van der Waals surface area (Å²) < 4.78 is 0. The summed E-state index contributed by atoms with van der Waals surface area (Å²) in [5.41, 5.74) is 0.691. The first-order valence-corrected chi connectivity index (χ1v) is 5.30. The molecule has 0 bridgehead atoms. The molecule has 0 atom stereocenters. The molecular formula is C12H13ClN2O. The molecule has 1 aromatic rings. The lowest BCUT2D eigenvalue weighted by Gasteiger charge is -2.05. The molecule has 16 heavy (non-hydrogen) atoms. The fourth-order valence-electron chi connectivity index (χ4n) is 1.13. The molecule has 0 fully saturated rings. The van der Waals surface area contributed by atoms with Crippen LogP contribution in [0.15, 0.2) is 24.3 Å². The predicted molar refractivity (Wildman–Crippen MR) is 66.4 cm³/mol. The highest BCUT2D eigenvalue weighted by atomic mass is 35.5. The minimum absolute atomic E-state index is 0.112. The predicted octanol–water partition coefficient (Wildman–Crippen LogP) is 1.89. The van der Waals surface area contributed by atoms with Gasteiger partial charge in [0.2, 0.25) is 5.91 Å². The third-order valence-corrected chi connectivity index (χ3v) is 2.08. The number of terminal acetylenes is 1. The van der Waals surface area contributed by atoms with E-state index in [0.717, 1.165) is 0 Å². The highest BCUT2D eigenvalue weighted by molar-refractivity contribution is 6.30. The maximum Gasteiger partial charge on any atom is 0.238 e. The Hall–Kier alpha value is -1.50. The first-order valence-electron chi connectivity index (χ1n) is 4.92. The van der Waals surface area contributed by atoms with Gasteiger partial charge in [-0.3, -0.25) is 4.79 Å². The topological polar surface area (TPSA) is 41.1 Å². The maximum absolute atomic E-state index is 11.4. The van der Waals surface area contributed by atoms with Crippen molar-refractivity contribution in [1.29, 1.82) is 0 Å². The van der Waals surface area contributed by atoms with Gasteiger partial charge in [-0.2, -0.15) is 0 Å². The van der Waals surface area contributed by atoms with Crippen molar-refractivity contribution < 1.29 is 4.79 Å².